The van der Waals surface area contributed by atoms with Crippen LogP contribution in [0, 0.1) is 24.9 Å². The number of benzene rings is 1. The molecule has 4 fully saturated rings. The number of hydrogen-bond acceptors (Lipinski definition) is 7. The molecular formula is C19H17F2I2O7S-. The highest BCUT2D eigenvalue weighted by Crippen LogP contribution is 2.64. The van der Waals surface area contributed by atoms with Crippen LogP contribution in [0.3, 0.4) is 0 Å². The van der Waals surface area contributed by atoms with Crippen molar-refractivity contribution in [3.8, 4) is 5.75 Å². The Hall–Kier alpha value is -0.320. The summed E-state index contributed by atoms with van der Waals surface area (Å²) in [6.07, 6.45) is 2.28. The molecule has 4 saturated carbocycles. The second kappa shape index (κ2) is 7.09. The van der Waals surface area contributed by atoms with Crippen molar-refractivity contribution in [3.05, 3.63) is 24.8 Å². The maximum atomic E-state index is 13.8. The van der Waals surface area contributed by atoms with Crippen LogP contribution in [0.5, 0.6) is 5.75 Å². The summed E-state index contributed by atoms with van der Waals surface area (Å²) in [5.74, 6) is -2.76. The summed E-state index contributed by atoms with van der Waals surface area (Å²) >= 11 is 4.49. The highest BCUT2D eigenvalue weighted by atomic mass is 127. The van der Waals surface area contributed by atoms with Crippen molar-refractivity contribution >= 4 is 61.3 Å². The third-order valence-electron chi connectivity index (χ3n) is 7.00. The maximum absolute atomic E-state index is 13.8. The standard InChI is InChI=1S/C19H18F2I2O7S/c20-19(21,31(25,26)27)16(24)30-17-5-9-3-10(6-17)18(11(4-9)7-17)28-8-12-14(29-18)2-1-13(22)15(12)23/h1-2,9-11H,3-8H2,(H,25,26,27)/p-1. The van der Waals surface area contributed by atoms with Crippen molar-refractivity contribution in [1.82, 2.24) is 0 Å². The summed E-state index contributed by atoms with van der Waals surface area (Å²) in [6, 6.07) is 3.87. The molecule has 2 atom stereocenters. The van der Waals surface area contributed by atoms with Gasteiger partial charge < -0.3 is 18.8 Å². The van der Waals surface area contributed by atoms with Crippen molar-refractivity contribution < 1.29 is 40.8 Å². The van der Waals surface area contributed by atoms with Gasteiger partial charge in [-0.2, -0.15) is 8.78 Å². The molecule has 12 heteroatoms. The molecular weight excluding hydrogens is 664 g/mol. The zero-order valence-electron chi connectivity index (χ0n) is 15.9. The lowest BCUT2D eigenvalue weighted by Gasteiger charge is -2.63. The molecule has 5 aliphatic rings. The molecule has 0 amide bonds. The van der Waals surface area contributed by atoms with E-state index in [1.807, 2.05) is 12.1 Å². The van der Waals surface area contributed by atoms with Crippen LogP contribution < -0.4 is 4.74 Å². The number of ether oxygens (including phenoxy) is 3. The van der Waals surface area contributed by atoms with Crippen molar-refractivity contribution in [3.63, 3.8) is 0 Å². The summed E-state index contributed by atoms with van der Waals surface area (Å²) in [4.78, 5) is 12.0. The molecule has 2 unspecified atom stereocenters. The fourth-order valence-corrected chi connectivity index (χ4v) is 7.28. The normalized spacial score (nSPS) is 36.2. The SMILES string of the molecule is O=C(OC12CC3CC(C1)C1(OCc4c(ccc(I)c4I)O1)C(C3)C2)C(F)(F)S(=O)(=O)[O-]. The van der Waals surface area contributed by atoms with E-state index in [1.54, 1.807) is 0 Å². The summed E-state index contributed by atoms with van der Waals surface area (Å²) in [5, 5.41) is -5.11. The largest absolute Gasteiger partial charge is 0.743 e. The molecule has 170 valence electrons. The number of carbonyl (C=O) groups is 1. The Morgan fingerprint density at radius 2 is 1.84 bits per heavy atom. The van der Waals surface area contributed by atoms with E-state index in [9.17, 15) is 26.5 Å². The second-order valence-electron chi connectivity index (χ2n) is 8.84. The molecule has 4 aliphatic carbocycles. The Morgan fingerprint density at radius 3 is 2.45 bits per heavy atom. The number of esters is 1. The molecule has 1 aliphatic heterocycles. The molecule has 1 aromatic rings. The van der Waals surface area contributed by atoms with Gasteiger partial charge in [0.15, 0.2) is 10.1 Å². The number of carbonyl (C=O) groups excluding carboxylic acids is 1. The second-order valence-corrected chi connectivity index (χ2v) is 12.5. The first-order valence-corrected chi connectivity index (χ1v) is 13.3. The Balaban J connectivity index is 1.43. The number of fused-ring (bicyclic) bond motifs is 1. The Morgan fingerprint density at radius 1 is 1.19 bits per heavy atom. The number of alkyl halides is 2. The van der Waals surface area contributed by atoms with Crippen LogP contribution in [0.25, 0.3) is 0 Å². The van der Waals surface area contributed by atoms with E-state index in [1.165, 1.54) is 0 Å². The minimum Gasteiger partial charge on any atom is -0.743 e. The lowest BCUT2D eigenvalue weighted by atomic mass is 9.51. The highest BCUT2D eigenvalue weighted by molar-refractivity contribution is 14.1. The van der Waals surface area contributed by atoms with Crippen molar-refractivity contribution in [2.45, 2.75) is 55.4 Å². The molecule has 31 heavy (non-hydrogen) atoms. The predicted octanol–water partition coefficient (Wildman–Crippen LogP) is 3.76. The van der Waals surface area contributed by atoms with E-state index < -0.39 is 32.7 Å². The van der Waals surface area contributed by atoms with E-state index >= 15 is 0 Å². The smallest absolute Gasteiger partial charge is 0.428 e. The van der Waals surface area contributed by atoms with Gasteiger partial charge in [0.2, 0.25) is 5.79 Å². The van der Waals surface area contributed by atoms with Crippen LogP contribution in [0.4, 0.5) is 8.78 Å². The average molecular weight is 681 g/mol. The fourth-order valence-electron chi connectivity index (χ4n) is 5.93. The van der Waals surface area contributed by atoms with Gasteiger partial charge in [-0.15, -0.1) is 0 Å². The molecule has 6 rings (SSSR count). The highest BCUT2D eigenvalue weighted by Gasteiger charge is 2.68. The summed E-state index contributed by atoms with van der Waals surface area (Å²) < 4.78 is 80.1. The van der Waals surface area contributed by atoms with E-state index in [0.29, 0.717) is 13.0 Å². The molecule has 1 aromatic carbocycles. The zero-order valence-corrected chi connectivity index (χ0v) is 21.0. The zero-order chi connectivity index (χ0) is 22.4. The van der Waals surface area contributed by atoms with Crippen molar-refractivity contribution in [2.75, 3.05) is 0 Å². The van der Waals surface area contributed by atoms with Gasteiger partial charge in [-0.25, -0.2) is 13.2 Å². The van der Waals surface area contributed by atoms with Crippen LogP contribution >= 0.6 is 45.2 Å². The monoisotopic (exact) mass is 681 g/mol. The third-order valence-corrected chi connectivity index (χ3v) is 11.0. The van der Waals surface area contributed by atoms with Gasteiger partial charge in [-0.05, 0) is 95.3 Å². The van der Waals surface area contributed by atoms with Gasteiger partial charge in [-0.3, -0.25) is 0 Å². The first-order valence-electron chi connectivity index (χ1n) is 9.73. The van der Waals surface area contributed by atoms with Gasteiger partial charge in [0, 0.05) is 24.5 Å². The van der Waals surface area contributed by atoms with Gasteiger partial charge in [-0.1, -0.05) is 0 Å². The lowest BCUT2D eigenvalue weighted by Crippen LogP contribution is -2.68. The molecule has 4 bridgehead atoms. The van der Waals surface area contributed by atoms with Gasteiger partial charge >= 0.3 is 11.2 Å². The molecule has 0 N–H and O–H groups in total. The molecule has 0 radical (unpaired) electrons. The van der Waals surface area contributed by atoms with Crippen LogP contribution in [0.15, 0.2) is 12.1 Å². The first kappa shape index (κ1) is 22.5. The first-order chi connectivity index (χ1) is 14.4. The molecule has 1 heterocycles. The summed E-state index contributed by atoms with van der Waals surface area (Å²) in [5.41, 5.74) is -0.270. The molecule has 1 spiro atoms. The van der Waals surface area contributed by atoms with E-state index in [-0.39, 0.29) is 30.6 Å². The molecule has 0 aromatic heterocycles. The summed E-state index contributed by atoms with van der Waals surface area (Å²) in [6.45, 7) is 0.362. The van der Waals surface area contributed by atoms with Gasteiger partial charge in [0.1, 0.15) is 11.4 Å². The number of halogens is 4. The molecule has 0 saturated heterocycles. The van der Waals surface area contributed by atoms with E-state index in [2.05, 4.69) is 45.2 Å². The Bertz CT molecular complexity index is 1060. The van der Waals surface area contributed by atoms with E-state index in [0.717, 1.165) is 31.3 Å². The fraction of sp³-hybridized carbons (Fsp3) is 0.632. The van der Waals surface area contributed by atoms with Crippen LogP contribution in [0.2, 0.25) is 0 Å². The topological polar surface area (TPSA) is 102 Å². The Kier molecular flexibility index (Phi) is 5.14. The van der Waals surface area contributed by atoms with Crippen LogP contribution in [-0.2, 0) is 31.0 Å². The van der Waals surface area contributed by atoms with Crippen LogP contribution in [-0.4, -0.2) is 35.6 Å². The minimum absolute atomic E-state index is 0.124. The maximum Gasteiger partial charge on any atom is 0.428 e. The average Bonchev–Trinajstić information content (AvgIpc) is 2.67. The quantitative estimate of drug-likeness (QED) is 0.272. The summed E-state index contributed by atoms with van der Waals surface area (Å²) in [7, 11) is -6.16. The number of hydrogen-bond donors (Lipinski definition) is 0. The Labute approximate surface area is 204 Å². The minimum atomic E-state index is -6.16. The van der Waals surface area contributed by atoms with Gasteiger partial charge in [0.25, 0.3) is 0 Å². The number of rotatable bonds is 3. The van der Waals surface area contributed by atoms with Crippen LogP contribution in [0.1, 0.15) is 37.7 Å². The third kappa shape index (κ3) is 3.33. The van der Waals surface area contributed by atoms with E-state index in [4.69, 9.17) is 14.2 Å². The predicted molar refractivity (Wildman–Crippen MR) is 117 cm³/mol. The van der Waals surface area contributed by atoms with Gasteiger partial charge in [0.05, 0.1) is 6.61 Å². The van der Waals surface area contributed by atoms with Crippen molar-refractivity contribution in [2.24, 2.45) is 17.8 Å². The van der Waals surface area contributed by atoms with Crippen molar-refractivity contribution in [1.29, 1.82) is 0 Å². The molecule has 7 nitrogen and oxygen atoms in total. The lowest BCUT2D eigenvalue weighted by molar-refractivity contribution is -0.337.